The standard InChI is InChI=1S/C28H30N4O2S/c1-18(2)34-25-11-8-19(14-20(25)15-29)28-31-16-26(35-28)23-7-5-6-22-21(23)9-10-24(22)30-17-27(33)32-12-3-4-13-32/h5-8,11,14,16,18,24,30H,3-4,9-10,12-13,17H2,1-2H3/t24-/m1/s1. The van der Waals surface area contributed by atoms with Crippen molar-refractivity contribution in [1.29, 1.82) is 5.26 Å². The zero-order chi connectivity index (χ0) is 24.4. The van der Waals surface area contributed by atoms with Crippen LogP contribution in [0.4, 0.5) is 0 Å². The first-order chi connectivity index (χ1) is 17.0. The minimum atomic E-state index is 0.0104. The second-order valence-electron chi connectivity index (χ2n) is 9.45. The van der Waals surface area contributed by atoms with Crippen LogP contribution in [0, 0.1) is 11.3 Å². The predicted octanol–water partition coefficient (Wildman–Crippen LogP) is 5.34. The lowest BCUT2D eigenvalue weighted by atomic mass is 10.0. The number of hydrogen-bond donors (Lipinski definition) is 1. The molecule has 1 aromatic heterocycles. The van der Waals surface area contributed by atoms with E-state index in [1.807, 2.05) is 43.1 Å². The minimum absolute atomic E-state index is 0.0104. The minimum Gasteiger partial charge on any atom is -0.490 e. The number of fused-ring (bicyclic) bond motifs is 1. The van der Waals surface area contributed by atoms with Gasteiger partial charge in [-0.1, -0.05) is 18.2 Å². The van der Waals surface area contributed by atoms with Crippen LogP contribution in [0.3, 0.4) is 0 Å². The number of thiazole rings is 1. The number of nitrogens with zero attached hydrogens (tertiary/aromatic N) is 3. The summed E-state index contributed by atoms with van der Waals surface area (Å²) >= 11 is 1.64. The molecule has 0 unspecified atom stereocenters. The number of hydrogen-bond acceptors (Lipinski definition) is 6. The van der Waals surface area contributed by atoms with Gasteiger partial charge in [0.05, 0.1) is 23.1 Å². The molecule has 2 aliphatic rings. The lowest BCUT2D eigenvalue weighted by Gasteiger charge is -2.19. The van der Waals surface area contributed by atoms with E-state index in [2.05, 4.69) is 34.6 Å². The third-order valence-corrected chi connectivity index (χ3v) is 7.79. The molecule has 0 saturated carbocycles. The fourth-order valence-electron chi connectivity index (χ4n) is 5.03. The number of nitrogens with one attached hydrogen (secondary N) is 1. The Morgan fingerprint density at radius 1 is 1.29 bits per heavy atom. The van der Waals surface area contributed by atoms with E-state index in [0.29, 0.717) is 17.9 Å². The van der Waals surface area contributed by atoms with Crippen LogP contribution in [0.15, 0.2) is 42.6 Å². The Bertz CT molecular complexity index is 1270. The zero-order valence-electron chi connectivity index (χ0n) is 20.2. The highest BCUT2D eigenvalue weighted by molar-refractivity contribution is 7.18. The Hall–Kier alpha value is -3.21. The van der Waals surface area contributed by atoms with Crippen molar-refractivity contribution in [2.75, 3.05) is 19.6 Å². The second-order valence-corrected chi connectivity index (χ2v) is 10.5. The summed E-state index contributed by atoms with van der Waals surface area (Å²) in [5.41, 5.74) is 5.27. The van der Waals surface area contributed by atoms with E-state index in [-0.39, 0.29) is 18.1 Å². The number of likely N-dealkylation sites (tertiary alicyclic amines) is 1. The number of aromatic nitrogens is 1. The van der Waals surface area contributed by atoms with E-state index >= 15 is 0 Å². The van der Waals surface area contributed by atoms with E-state index in [0.717, 1.165) is 54.2 Å². The largest absolute Gasteiger partial charge is 0.490 e. The number of amides is 1. The van der Waals surface area contributed by atoms with E-state index < -0.39 is 0 Å². The first kappa shape index (κ1) is 23.5. The summed E-state index contributed by atoms with van der Waals surface area (Å²) in [6.07, 6.45) is 6.15. The molecule has 2 aromatic carbocycles. The molecule has 0 spiro atoms. The van der Waals surface area contributed by atoms with Gasteiger partial charge in [-0.2, -0.15) is 5.26 Å². The van der Waals surface area contributed by atoms with Crippen molar-refractivity contribution < 1.29 is 9.53 Å². The molecule has 2 heterocycles. The van der Waals surface area contributed by atoms with Crippen molar-refractivity contribution in [3.8, 4) is 32.8 Å². The normalized spacial score (nSPS) is 17.0. The number of carbonyl (C=O) groups is 1. The maximum Gasteiger partial charge on any atom is 0.236 e. The van der Waals surface area contributed by atoms with Gasteiger partial charge in [0, 0.05) is 30.9 Å². The van der Waals surface area contributed by atoms with Gasteiger partial charge in [0.2, 0.25) is 5.91 Å². The third-order valence-electron chi connectivity index (χ3n) is 6.71. The maximum atomic E-state index is 12.5. The molecule has 0 bridgehead atoms. The molecular formula is C28H30N4O2S. The molecular weight excluding hydrogens is 456 g/mol. The van der Waals surface area contributed by atoms with Crippen LogP contribution in [-0.4, -0.2) is 41.5 Å². The van der Waals surface area contributed by atoms with Crippen molar-refractivity contribution in [3.05, 3.63) is 59.3 Å². The number of ether oxygens (including phenoxy) is 1. The monoisotopic (exact) mass is 486 g/mol. The fourth-order valence-corrected chi connectivity index (χ4v) is 5.99. The summed E-state index contributed by atoms with van der Waals surface area (Å²) in [4.78, 5) is 20.3. The Kier molecular flexibility index (Phi) is 6.85. The van der Waals surface area contributed by atoms with Gasteiger partial charge in [0.15, 0.2) is 0 Å². The van der Waals surface area contributed by atoms with Crippen molar-refractivity contribution in [2.45, 2.75) is 51.7 Å². The zero-order valence-corrected chi connectivity index (χ0v) is 21.0. The number of benzene rings is 2. The maximum absolute atomic E-state index is 12.5. The summed E-state index contributed by atoms with van der Waals surface area (Å²) in [7, 11) is 0. The molecule has 1 fully saturated rings. The van der Waals surface area contributed by atoms with Gasteiger partial charge in [-0.3, -0.25) is 4.79 Å². The summed E-state index contributed by atoms with van der Waals surface area (Å²) in [6.45, 7) is 6.08. The number of rotatable bonds is 7. The molecule has 6 nitrogen and oxygen atoms in total. The molecule has 1 saturated heterocycles. The van der Waals surface area contributed by atoms with Crippen LogP contribution in [0.25, 0.3) is 21.0 Å². The smallest absolute Gasteiger partial charge is 0.236 e. The average molecular weight is 487 g/mol. The van der Waals surface area contributed by atoms with Gasteiger partial charge in [-0.25, -0.2) is 4.98 Å². The molecule has 35 heavy (non-hydrogen) atoms. The third kappa shape index (κ3) is 4.95. The molecule has 1 amide bonds. The molecule has 0 radical (unpaired) electrons. The summed E-state index contributed by atoms with van der Waals surface area (Å²) in [5.74, 6) is 0.811. The SMILES string of the molecule is CC(C)Oc1ccc(-c2ncc(-c3cccc4c3CC[C@H]4NCC(=O)N3CCCC3)s2)cc1C#N. The first-order valence-corrected chi connectivity index (χ1v) is 13.2. The van der Waals surface area contributed by atoms with Crippen LogP contribution in [-0.2, 0) is 11.2 Å². The predicted molar refractivity (Wildman–Crippen MR) is 138 cm³/mol. The summed E-state index contributed by atoms with van der Waals surface area (Å²) in [5, 5.41) is 14.0. The highest BCUT2D eigenvalue weighted by Crippen LogP contribution is 2.41. The molecule has 1 aliphatic heterocycles. The molecule has 5 rings (SSSR count). The second kappa shape index (κ2) is 10.2. The van der Waals surface area contributed by atoms with Crippen LogP contribution in [0.2, 0.25) is 0 Å². The quantitative estimate of drug-likeness (QED) is 0.488. The fraction of sp³-hybridized carbons (Fsp3) is 0.393. The van der Waals surface area contributed by atoms with E-state index in [4.69, 9.17) is 4.74 Å². The van der Waals surface area contributed by atoms with Gasteiger partial charge in [-0.05, 0) is 74.4 Å². The Balaban J connectivity index is 1.34. The average Bonchev–Trinajstić information content (AvgIpc) is 3.63. The lowest BCUT2D eigenvalue weighted by molar-refractivity contribution is -0.129. The van der Waals surface area contributed by atoms with E-state index in [1.165, 1.54) is 16.7 Å². The van der Waals surface area contributed by atoms with E-state index in [9.17, 15) is 10.1 Å². The van der Waals surface area contributed by atoms with Gasteiger partial charge >= 0.3 is 0 Å². The van der Waals surface area contributed by atoms with Gasteiger partial charge in [0.1, 0.15) is 16.8 Å². The number of carbonyl (C=O) groups excluding carboxylic acids is 1. The van der Waals surface area contributed by atoms with Crippen molar-refractivity contribution in [2.24, 2.45) is 0 Å². The van der Waals surface area contributed by atoms with Crippen LogP contribution in [0.1, 0.15) is 55.8 Å². The highest BCUT2D eigenvalue weighted by atomic mass is 32.1. The topological polar surface area (TPSA) is 78.2 Å². The molecule has 180 valence electrons. The van der Waals surface area contributed by atoms with Crippen LogP contribution >= 0.6 is 11.3 Å². The van der Waals surface area contributed by atoms with Crippen molar-refractivity contribution in [1.82, 2.24) is 15.2 Å². The molecule has 1 atom stereocenters. The van der Waals surface area contributed by atoms with Crippen LogP contribution < -0.4 is 10.1 Å². The van der Waals surface area contributed by atoms with Crippen molar-refractivity contribution in [3.63, 3.8) is 0 Å². The number of nitriles is 1. The Labute approximate surface area is 210 Å². The highest BCUT2D eigenvalue weighted by Gasteiger charge is 2.27. The summed E-state index contributed by atoms with van der Waals surface area (Å²) in [6, 6.07) is 14.6. The van der Waals surface area contributed by atoms with Gasteiger partial charge in [0.25, 0.3) is 0 Å². The molecule has 1 N–H and O–H groups in total. The molecule has 7 heteroatoms. The Morgan fingerprint density at radius 2 is 2.11 bits per heavy atom. The Morgan fingerprint density at radius 3 is 2.89 bits per heavy atom. The van der Waals surface area contributed by atoms with Crippen LogP contribution in [0.5, 0.6) is 5.75 Å². The molecule has 1 aliphatic carbocycles. The first-order valence-electron chi connectivity index (χ1n) is 12.3. The molecule has 3 aromatic rings. The van der Waals surface area contributed by atoms with Gasteiger partial charge < -0.3 is 15.0 Å². The van der Waals surface area contributed by atoms with E-state index in [1.54, 1.807) is 11.3 Å². The van der Waals surface area contributed by atoms with Gasteiger partial charge in [-0.15, -0.1) is 11.3 Å². The summed E-state index contributed by atoms with van der Waals surface area (Å²) < 4.78 is 5.76. The lowest BCUT2D eigenvalue weighted by Crippen LogP contribution is -2.37. The van der Waals surface area contributed by atoms with Crippen molar-refractivity contribution >= 4 is 17.2 Å².